The standard InChI is InChI=1S/C20H21FN2O4/c1-12(2)18(23-19(24)14-4-6-15(21)7-5-14)20(25)22-10-13-3-8-16-17(9-13)27-11-26-16/h3-9,12,18H,10-11H2,1-2H3,(H,22,25)(H,23,24)/t18-/m0/s1. The van der Waals surface area contributed by atoms with Gasteiger partial charge in [-0.2, -0.15) is 0 Å². The first-order valence-corrected chi connectivity index (χ1v) is 8.66. The molecule has 0 bridgehead atoms. The van der Waals surface area contributed by atoms with Crippen LogP contribution in [0.3, 0.4) is 0 Å². The SMILES string of the molecule is CC(C)[C@H](NC(=O)c1ccc(F)cc1)C(=O)NCc1ccc2c(c1)OCO2. The topological polar surface area (TPSA) is 76.7 Å². The summed E-state index contributed by atoms with van der Waals surface area (Å²) in [5, 5.41) is 5.54. The number of carbonyl (C=O) groups excluding carboxylic acids is 2. The van der Waals surface area contributed by atoms with Crippen molar-refractivity contribution in [1.29, 1.82) is 0 Å². The quantitative estimate of drug-likeness (QED) is 0.817. The van der Waals surface area contributed by atoms with Crippen LogP contribution in [0.2, 0.25) is 0 Å². The Balaban J connectivity index is 1.61. The van der Waals surface area contributed by atoms with Gasteiger partial charge in [-0.3, -0.25) is 9.59 Å². The minimum absolute atomic E-state index is 0.119. The van der Waals surface area contributed by atoms with Crippen molar-refractivity contribution in [2.45, 2.75) is 26.4 Å². The smallest absolute Gasteiger partial charge is 0.251 e. The molecule has 6 nitrogen and oxygen atoms in total. The average Bonchev–Trinajstić information content (AvgIpc) is 3.12. The molecule has 3 rings (SSSR count). The van der Waals surface area contributed by atoms with E-state index >= 15 is 0 Å². The van der Waals surface area contributed by atoms with Crippen molar-refractivity contribution in [3.8, 4) is 11.5 Å². The number of rotatable bonds is 6. The number of hydrogen-bond donors (Lipinski definition) is 2. The molecule has 0 aliphatic carbocycles. The Bertz CT molecular complexity index is 836. The zero-order valence-electron chi connectivity index (χ0n) is 15.1. The van der Waals surface area contributed by atoms with Gasteiger partial charge >= 0.3 is 0 Å². The lowest BCUT2D eigenvalue weighted by Gasteiger charge is -2.22. The molecule has 0 saturated heterocycles. The van der Waals surface area contributed by atoms with Gasteiger partial charge in [0.1, 0.15) is 11.9 Å². The Morgan fingerprint density at radius 1 is 1.07 bits per heavy atom. The molecule has 2 aromatic carbocycles. The van der Waals surface area contributed by atoms with Crippen molar-refractivity contribution in [3.05, 3.63) is 59.4 Å². The molecule has 0 unspecified atom stereocenters. The zero-order valence-corrected chi connectivity index (χ0v) is 15.1. The summed E-state index contributed by atoms with van der Waals surface area (Å²) in [6.07, 6.45) is 0. The maximum atomic E-state index is 13.0. The van der Waals surface area contributed by atoms with Crippen LogP contribution in [0.5, 0.6) is 11.5 Å². The van der Waals surface area contributed by atoms with E-state index in [9.17, 15) is 14.0 Å². The van der Waals surface area contributed by atoms with Crippen molar-refractivity contribution in [1.82, 2.24) is 10.6 Å². The third-order valence-electron chi connectivity index (χ3n) is 4.25. The van der Waals surface area contributed by atoms with E-state index in [1.54, 1.807) is 6.07 Å². The monoisotopic (exact) mass is 372 g/mol. The lowest BCUT2D eigenvalue weighted by molar-refractivity contribution is -0.124. The zero-order chi connectivity index (χ0) is 19.4. The molecule has 1 aliphatic heterocycles. The maximum absolute atomic E-state index is 13.0. The molecule has 27 heavy (non-hydrogen) atoms. The summed E-state index contributed by atoms with van der Waals surface area (Å²) in [6.45, 7) is 4.17. The van der Waals surface area contributed by atoms with Crippen LogP contribution >= 0.6 is 0 Å². The molecule has 0 saturated carbocycles. The van der Waals surface area contributed by atoms with Gasteiger partial charge in [-0.05, 0) is 47.9 Å². The summed E-state index contributed by atoms with van der Waals surface area (Å²) >= 11 is 0. The number of amides is 2. The third kappa shape index (κ3) is 4.55. The molecule has 0 spiro atoms. The van der Waals surface area contributed by atoms with E-state index in [0.29, 0.717) is 23.6 Å². The molecule has 1 heterocycles. The number of halogens is 1. The Labute approximate surface area is 156 Å². The van der Waals surface area contributed by atoms with Gasteiger partial charge in [0.05, 0.1) is 0 Å². The summed E-state index contributed by atoms with van der Waals surface area (Å²) in [7, 11) is 0. The van der Waals surface area contributed by atoms with Crippen LogP contribution in [0.25, 0.3) is 0 Å². The maximum Gasteiger partial charge on any atom is 0.251 e. The Morgan fingerprint density at radius 2 is 1.78 bits per heavy atom. The molecule has 1 atom stereocenters. The lowest BCUT2D eigenvalue weighted by Crippen LogP contribution is -2.49. The largest absolute Gasteiger partial charge is 0.454 e. The fourth-order valence-electron chi connectivity index (χ4n) is 2.71. The summed E-state index contributed by atoms with van der Waals surface area (Å²) in [4.78, 5) is 24.9. The average molecular weight is 372 g/mol. The second kappa shape index (κ2) is 8.07. The highest BCUT2D eigenvalue weighted by molar-refractivity contribution is 5.97. The molecule has 0 radical (unpaired) electrons. The highest BCUT2D eigenvalue weighted by Gasteiger charge is 2.24. The first-order valence-electron chi connectivity index (χ1n) is 8.66. The van der Waals surface area contributed by atoms with Crippen LogP contribution in [-0.4, -0.2) is 24.6 Å². The van der Waals surface area contributed by atoms with Gasteiger partial charge in [-0.25, -0.2) is 4.39 Å². The molecular formula is C20H21FN2O4. The molecule has 1 aliphatic rings. The Kier molecular flexibility index (Phi) is 5.59. The number of carbonyl (C=O) groups is 2. The van der Waals surface area contributed by atoms with Crippen molar-refractivity contribution in [3.63, 3.8) is 0 Å². The molecule has 0 fully saturated rings. The van der Waals surface area contributed by atoms with Gasteiger partial charge < -0.3 is 20.1 Å². The van der Waals surface area contributed by atoms with Gasteiger partial charge in [-0.15, -0.1) is 0 Å². The molecule has 0 aromatic heterocycles. The fourth-order valence-corrected chi connectivity index (χ4v) is 2.71. The summed E-state index contributed by atoms with van der Waals surface area (Å²) in [6, 6.07) is 9.91. The molecule has 2 amide bonds. The summed E-state index contributed by atoms with van der Waals surface area (Å²) < 4.78 is 23.6. The number of benzene rings is 2. The number of fused-ring (bicyclic) bond motifs is 1. The molecule has 7 heteroatoms. The van der Waals surface area contributed by atoms with E-state index in [1.807, 2.05) is 26.0 Å². The van der Waals surface area contributed by atoms with E-state index in [2.05, 4.69) is 10.6 Å². The third-order valence-corrected chi connectivity index (χ3v) is 4.25. The highest BCUT2D eigenvalue weighted by atomic mass is 19.1. The fraction of sp³-hybridized carbons (Fsp3) is 0.300. The first kappa shape index (κ1) is 18.7. The number of ether oxygens (including phenoxy) is 2. The van der Waals surface area contributed by atoms with E-state index in [-0.39, 0.29) is 18.6 Å². The normalized spacial score (nSPS) is 13.3. The minimum Gasteiger partial charge on any atom is -0.454 e. The summed E-state index contributed by atoms with van der Waals surface area (Å²) in [5.74, 6) is 0.0631. The lowest BCUT2D eigenvalue weighted by atomic mass is 10.0. The first-order chi connectivity index (χ1) is 12.9. The predicted molar refractivity (Wildman–Crippen MR) is 96.9 cm³/mol. The van der Waals surface area contributed by atoms with Crippen LogP contribution in [0.15, 0.2) is 42.5 Å². The number of hydrogen-bond acceptors (Lipinski definition) is 4. The van der Waals surface area contributed by atoms with E-state index in [1.165, 1.54) is 24.3 Å². The van der Waals surface area contributed by atoms with Crippen molar-refractivity contribution in [2.75, 3.05) is 6.79 Å². The van der Waals surface area contributed by atoms with Crippen LogP contribution in [-0.2, 0) is 11.3 Å². The molecule has 2 N–H and O–H groups in total. The van der Waals surface area contributed by atoms with Crippen LogP contribution in [0.4, 0.5) is 4.39 Å². The van der Waals surface area contributed by atoms with Crippen LogP contribution < -0.4 is 20.1 Å². The van der Waals surface area contributed by atoms with Crippen molar-refractivity contribution >= 4 is 11.8 Å². The Hall–Kier alpha value is -3.09. The van der Waals surface area contributed by atoms with E-state index in [4.69, 9.17) is 9.47 Å². The number of nitrogens with one attached hydrogen (secondary N) is 2. The highest BCUT2D eigenvalue weighted by Crippen LogP contribution is 2.32. The second-order valence-corrected chi connectivity index (χ2v) is 6.61. The van der Waals surface area contributed by atoms with Gasteiger partial charge in [0.2, 0.25) is 12.7 Å². The van der Waals surface area contributed by atoms with Crippen LogP contribution in [0, 0.1) is 11.7 Å². The Morgan fingerprint density at radius 3 is 2.48 bits per heavy atom. The summed E-state index contributed by atoms with van der Waals surface area (Å²) in [5.41, 5.74) is 1.16. The molecular weight excluding hydrogens is 351 g/mol. The van der Waals surface area contributed by atoms with E-state index in [0.717, 1.165) is 5.56 Å². The van der Waals surface area contributed by atoms with Crippen LogP contribution in [0.1, 0.15) is 29.8 Å². The van der Waals surface area contributed by atoms with Crippen molar-refractivity contribution < 1.29 is 23.5 Å². The second-order valence-electron chi connectivity index (χ2n) is 6.61. The van der Waals surface area contributed by atoms with Gasteiger partial charge in [0.15, 0.2) is 11.5 Å². The van der Waals surface area contributed by atoms with Crippen molar-refractivity contribution in [2.24, 2.45) is 5.92 Å². The van der Waals surface area contributed by atoms with Gasteiger partial charge in [-0.1, -0.05) is 19.9 Å². The predicted octanol–water partition coefficient (Wildman–Crippen LogP) is 2.63. The van der Waals surface area contributed by atoms with Gasteiger partial charge in [0, 0.05) is 12.1 Å². The minimum atomic E-state index is -0.712. The van der Waals surface area contributed by atoms with Gasteiger partial charge in [0.25, 0.3) is 5.91 Å². The molecule has 142 valence electrons. The molecule has 2 aromatic rings. The van der Waals surface area contributed by atoms with E-state index < -0.39 is 17.8 Å².